The normalized spacial score (nSPS) is 10.4. The van der Waals surface area contributed by atoms with E-state index in [2.05, 4.69) is 31.9 Å². The predicted octanol–water partition coefficient (Wildman–Crippen LogP) is 5.54. The Bertz CT molecular complexity index is 555. The smallest absolute Gasteiger partial charge is 0.120 e. The van der Waals surface area contributed by atoms with Crippen molar-refractivity contribution in [2.75, 3.05) is 7.11 Å². The highest BCUT2D eigenvalue weighted by Gasteiger charge is 2.08. The van der Waals surface area contributed by atoms with Gasteiger partial charge in [0, 0.05) is 14.0 Å². The summed E-state index contributed by atoms with van der Waals surface area (Å²) < 4.78 is 7.13. The minimum absolute atomic E-state index is 0.713. The van der Waals surface area contributed by atoms with Crippen LogP contribution in [-0.2, 0) is 0 Å². The number of ether oxygens (including phenoxy) is 1. The van der Waals surface area contributed by atoms with E-state index in [0.717, 1.165) is 25.8 Å². The molecule has 0 fully saturated rings. The van der Waals surface area contributed by atoms with Gasteiger partial charge in [0.25, 0.3) is 0 Å². The monoisotopic (exact) mass is 374 g/mol. The first kappa shape index (κ1) is 12.9. The van der Waals surface area contributed by atoms with E-state index in [1.54, 1.807) is 7.11 Å². The summed E-state index contributed by atoms with van der Waals surface area (Å²) in [7, 11) is 1.65. The van der Waals surface area contributed by atoms with E-state index >= 15 is 0 Å². The highest BCUT2D eigenvalue weighted by molar-refractivity contribution is 9.11. The lowest BCUT2D eigenvalue weighted by Gasteiger charge is -2.09. The second-order valence-corrected chi connectivity index (χ2v) is 5.62. The van der Waals surface area contributed by atoms with E-state index in [0.29, 0.717) is 5.02 Å². The van der Waals surface area contributed by atoms with Gasteiger partial charge in [0.15, 0.2) is 0 Å². The fourth-order valence-corrected chi connectivity index (χ4v) is 3.02. The van der Waals surface area contributed by atoms with Gasteiger partial charge in [-0.3, -0.25) is 0 Å². The number of benzene rings is 2. The third-order valence-electron chi connectivity index (χ3n) is 2.40. The van der Waals surface area contributed by atoms with E-state index < -0.39 is 0 Å². The third kappa shape index (κ3) is 2.84. The van der Waals surface area contributed by atoms with E-state index in [1.165, 1.54) is 0 Å². The first-order chi connectivity index (χ1) is 8.11. The number of hydrogen-bond donors (Lipinski definition) is 0. The second-order valence-electron chi connectivity index (χ2n) is 3.47. The van der Waals surface area contributed by atoms with Crippen LogP contribution in [0.2, 0.25) is 5.02 Å². The molecule has 0 aliphatic rings. The number of halogens is 3. The van der Waals surface area contributed by atoms with Gasteiger partial charge in [-0.05, 0) is 41.5 Å². The Morgan fingerprint density at radius 3 is 2.06 bits per heavy atom. The summed E-state index contributed by atoms with van der Waals surface area (Å²) in [5.41, 5.74) is 2.18. The van der Waals surface area contributed by atoms with Gasteiger partial charge in [-0.2, -0.15) is 0 Å². The predicted molar refractivity (Wildman–Crippen MR) is 78.8 cm³/mol. The molecule has 2 aromatic rings. The summed E-state index contributed by atoms with van der Waals surface area (Å²) in [6.07, 6.45) is 0. The molecule has 0 unspecified atom stereocenters. The fourth-order valence-electron chi connectivity index (χ4n) is 1.55. The first-order valence-electron chi connectivity index (χ1n) is 4.91. The van der Waals surface area contributed by atoms with Crippen LogP contribution < -0.4 is 4.74 Å². The molecule has 0 saturated carbocycles. The van der Waals surface area contributed by atoms with Gasteiger partial charge >= 0.3 is 0 Å². The second kappa shape index (κ2) is 5.42. The molecule has 0 aromatic heterocycles. The van der Waals surface area contributed by atoms with Crippen LogP contribution in [0.1, 0.15) is 0 Å². The van der Waals surface area contributed by atoms with Crippen LogP contribution >= 0.6 is 43.5 Å². The maximum absolute atomic E-state index is 5.93. The van der Waals surface area contributed by atoms with E-state index in [1.807, 2.05) is 36.4 Å². The minimum atomic E-state index is 0.713. The van der Waals surface area contributed by atoms with Crippen LogP contribution in [0.4, 0.5) is 0 Å². The Hall–Kier alpha value is -0.510. The van der Waals surface area contributed by atoms with Crippen LogP contribution in [0.3, 0.4) is 0 Å². The molecule has 0 bridgehead atoms. The van der Waals surface area contributed by atoms with Crippen LogP contribution in [0, 0.1) is 0 Å². The van der Waals surface area contributed by atoms with Crippen LogP contribution in [0.25, 0.3) is 11.1 Å². The third-order valence-corrected chi connectivity index (χ3v) is 3.94. The number of hydrogen-bond acceptors (Lipinski definition) is 1. The first-order valence-corrected chi connectivity index (χ1v) is 6.87. The topological polar surface area (TPSA) is 9.23 Å². The molecule has 0 spiro atoms. The molecule has 0 heterocycles. The SMILES string of the molecule is COc1ccc(-c2ccc(Cl)cc2Br)c(Br)c1. The lowest BCUT2D eigenvalue weighted by molar-refractivity contribution is 0.414. The maximum atomic E-state index is 5.93. The standard InChI is InChI=1S/C13H9Br2ClO/c1-17-9-3-5-11(13(15)7-9)10-4-2-8(16)6-12(10)14/h2-7H,1H3. The van der Waals surface area contributed by atoms with Gasteiger partial charge in [-0.1, -0.05) is 49.5 Å². The zero-order chi connectivity index (χ0) is 12.4. The molecule has 0 radical (unpaired) electrons. The van der Waals surface area contributed by atoms with Crippen molar-refractivity contribution in [2.24, 2.45) is 0 Å². The molecule has 0 amide bonds. The van der Waals surface area contributed by atoms with E-state index in [9.17, 15) is 0 Å². The average molecular weight is 376 g/mol. The molecule has 4 heteroatoms. The van der Waals surface area contributed by atoms with Crippen LogP contribution in [0.15, 0.2) is 45.3 Å². The summed E-state index contributed by atoms with van der Waals surface area (Å²) in [6, 6.07) is 11.6. The zero-order valence-corrected chi connectivity index (χ0v) is 12.9. The summed E-state index contributed by atoms with van der Waals surface area (Å²) in [6.45, 7) is 0. The lowest BCUT2D eigenvalue weighted by Crippen LogP contribution is -1.86. The molecule has 0 saturated heterocycles. The molecule has 88 valence electrons. The summed E-state index contributed by atoms with van der Waals surface area (Å²) in [5.74, 6) is 0.825. The molecule has 0 N–H and O–H groups in total. The minimum Gasteiger partial charge on any atom is -0.497 e. The Morgan fingerprint density at radius 1 is 0.941 bits per heavy atom. The van der Waals surface area contributed by atoms with Crippen molar-refractivity contribution in [3.8, 4) is 16.9 Å². The molecule has 1 nitrogen and oxygen atoms in total. The quantitative estimate of drug-likeness (QED) is 0.669. The molecule has 17 heavy (non-hydrogen) atoms. The fraction of sp³-hybridized carbons (Fsp3) is 0.0769. The van der Waals surface area contributed by atoms with Crippen molar-refractivity contribution >= 4 is 43.5 Å². The van der Waals surface area contributed by atoms with Crippen molar-refractivity contribution in [3.63, 3.8) is 0 Å². The molecule has 0 aliphatic carbocycles. The van der Waals surface area contributed by atoms with Crippen LogP contribution in [0.5, 0.6) is 5.75 Å². The van der Waals surface area contributed by atoms with Crippen LogP contribution in [-0.4, -0.2) is 7.11 Å². The highest BCUT2D eigenvalue weighted by Crippen LogP contribution is 2.36. The van der Waals surface area contributed by atoms with E-state index in [4.69, 9.17) is 16.3 Å². The van der Waals surface area contributed by atoms with Gasteiger partial charge in [0.2, 0.25) is 0 Å². The summed E-state index contributed by atoms with van der Waals surface area (Å²) in [5, 5.41) is 0.713. The molecular formula is C13H9Br2ClO. The number of methoxy groups -OCH3 is 1. The van der Waals surface area contributed by atoms with Gasteiger partial charge < -0.3 is 4.74 Å². The van der Waals surface area contributed by atoms with Gasteiger partial charge in [0.1, 0.15) is 5.75 Å². The summed E-state index contributed by atoms with van der Waals surface area (Å²) in [4.78, 5) is 0. The molecule has 2 aromatic carbocycles. The highest BCUT2D eigenvalue weighted by atomic mass is 79.9. The average Bonchev–Trinajstić information content (AvgIpc) is 2.30. The van der Waals surface area contributed by atoms with Crippen molar-refractivity contribution in [2.45, 2.75) is 0 Å². The molecule has 2 rings (SSSR count). The Morgan fingerprint density at radius 2 is 1.53 bits per heavy atom. The van der Waals surface area contributed by atoms with Crippen molar-refractivity contribution in [3.05, 3.63) is 50.4 Å². The maximum Gasteiger partial charge on any atom is 0.120 e. The summed E-state index contributed by atoms with van der Waals surface area (Å²) >= 11 is 13.0. The van der Waals surface area contributed by atoms with Gasteiger partial charge in [0.05, 0.1) is 7.11 Å². The lowest BCUT2D eigenvalue weighted by atomic mass is 10.1. The van der Waals surface area contributed by atoms with Crippen molar-refractivity contribution < 1.29 is 4.74 Å². The zero-order valence-electron chi connectivity index (χ0n) is 9.01. The van der Waals surface area contributed by atoms with Gasteiger partial charge in [-0.15, -0.1) is 0 Å². The van der Waals surface area contributed by atoms with E-state index in [-0.39, 0.29) is 0 Å². The largest absolute Gasteiger partial charge is 0.497 e. The Kier molecular flexibility index (Phi) is 4.13. The van der Waals surface area contributed by atoms with Crippen molar-refractivity contribution in [1.82, 2.24) is 0 Å². The van der Waals surface area contributed by atoms with Gasteiger partial charge in [-0.25, -0.2) is 0 Å². The Labute approximate surface area is 122 Å². The molecule has 0 aliphatic heterocycles. The molecular weight excluding hydrogens is 367 g/mol. The molecule has 0 atom stereocenters. The number of rotatable bonds is 2. The van der Waals surface area contributed by atoms with Crippen molar-refractivity contribution in [1.29, 1.82) is 0 Å². The Balaban J connectivity index is 2.53.